The molecule has 120 valence electrons. The lowest BCUT2D eigenvalue weighted by Crippen LogP contribution is -2.51. The van der Waals surface area contributed by atoms with Crippen LogP contribution in [-0.2, 0) is 11.3 Å². The molecule has 0 aromatic heterocycles. The number of rotatable bonds is 4. The van der Waals surface area contributed by atoms with Gasteiger partial charge in [-0.25, -0.2) is 4.79 Å². The Labute approximate surface area is 131 Å². The van der Waals surface area contributed by atoms with E-state index in [9.17, 15) is 9.90 Å². The molecule has 0 atom stereocenters. The third-order valence-electron chi connectivity index (χ3n) is 4.76. The standard InChI is InChI=1S/C17H24N2O3/c20-17(21)16-4-2-1-3-14(16)13-18-7-9-19(10-8-18)15-5-11-22-12-6-15/h1-4,15H,5-13H2,(H,20,21). The van der Waals surface area contributed by atoms with E-state index < -0.39 is 5.97 Å². The molecule has 22 heavy (non-hydrogen) atoms. The molecule has 2 aliphatic rings. The molecule has 0 saturated carbocycles. The van der Waals surface area contributed by atoms with Crippen molar-refractivity contribution < 1.29 is 14.6 Å². The molecule has 0 amide bonds. The fourth-order valence-electron chi connectivity index (χ4n) is 3.44. The van der Waals surface area contributed by atoms with Crippen LogP contribution < -0.4 is 0 Å². The monoisotopic (exact) mass is 304 g/mol. The number of nitrogens with zero attached hydrogens (tertiary/aromatic N) is 2. The van der Waals surface area contributed by atoms with Gasteiger partial charge in [-0.15, -0.1) is 0 Å². The van der Waals surface area contributed by atoms with E-state index in [1.807, 2.05) is 12.1 Å². The molecule has 0 radical (unpaired) electrons. The smallest absolute Gasteiger partial charge is 0.336 e. The maximum absolute atomic E-state index is 11.3. The maximum Gasteiger partial charge on any atom is 0.336 e. The molecule has 0 unspecified atom stereocenters. The zero-order chi connectivity index (χ0) is 15.4. The van der Waals surface area contributed by atoms with Gasteiger partial charge in [0.2, 0.25) is 0 Å². The van der Waals surface area contributed by atoms with Gasteiger partial charge in [0.25, 0.3) is 0 Å². The number of carbonyl (C=O) groups is 1. The van der Waals surface area contributed by atoms with E-state index in [4.69, 9.17) is 4.74 Å². The Morgan fingerprint density at radius 2 is 1.82 bits per heavy atom. The van der Waals surface area contributed by atoms with Gasteiger partial charge in [0.05, 0.1) is 5.56 Å². The Bertz CT molecular complexity index is 506. The first kappa shape index (κ1) is 15.5. The minimum atomic E-state index is -0.837. The third-order valence-corrected chi connectivity index (χ3v) is 4.76. The van der Waals surface area contributed by atoms with Crippen molar-refractivity contribution in [3.05, 3.63) is 35.4 Å². The highest BCUT2D eigenvalue weighted by molar-refractivity contribution is 5.89. The Balaban J connectivity index is 1.55. The average Bonchev–Trinajstić information content (AvgIpc) is 2.57. The summed E-state index contributed by atoms with van der Waals surface area (Å²) in [6, 6.07) is 7.99. The summed E-state index contributed by atoms with van der Waals surface area (Å²) in [5, 5.41) is 9.27. The summed E-state index contributed by atoms with van der Waals surface area (Å²) < 4.78 is 5.43. The second kappa shape index (κ2) is 7.22. The van der Waals surface area contributed by atoms with Crippen molar-refractivity contribution in [3.8, 4) is 0 Å². The summed E-state index contributed by atoms with van der Waals surface area (Å²) in [6.07, 6.45) is 2.28. The van der Waals surface area contributed by atoms with Gasteiger partial charge in [0.1, 0.15) is 0 Å². The lowest BCUT2D eigenvalue weighted by Gasteiger charge is -2.40. The zero-order valence-electron chi connectivity index (χ0n) is 12.9. The molecule has 2 aliphatic heterocycles. The van der Waals surface area contributed by atoms with Crippen LogP contribution in [0.2, 0.25) is 0 Å². The van der Waals surface area contributed by atoms with E-state index in [0.717, 1.165) is 64.3 Å². The lowest BCUT2D eigenvalue weighted by atomic mass is 10.0. The molecule has 1 N–H and O–H groups in total. The molecule has 1 aromatic carbocycles. The van der Waals surface area contributed by atoms with Crippen LogP contribution in [0.5, 0.6) is 0 Å². The fourth-order valence-corrected chi connectivity index (χ4v) is 3.44. The molecule has 1 aromatic rings. The van der Waals surface area contributed by atoms with Crippen LogP contribution in [0.3, 0.4) is 0 Å². The molecule has 5 heteroatoms. The summed E-state index contributed by atoms with van der Waals surface area (Å²) in [5.41, 5.74) is 1.34. The SMILES string of the molecule is O=C(O)c1ccccc1CN1CCN(C2CCOCC2)CC1. The number of ether oxygens (including phenoxy) is 1. The summed E-state index contributed by atoms with van der Waals surface area (Å²) in [6.45, 7) is 6.65. The van der Waals surface area contributed by atoms with Crippen LogP contribution in [0.1, 0.15) is 28.8 Å². The van der Waals surface area contributed by atoms with Gasteiger partial charge in [-0.1, -0.05) is 18.2 Å². The highest BCUT2D eigenvalue weighted by atomic mass is 16.5. The van der Waals surface area contributed by atoms with Crippen molar-refractivity contribution in [1.82, 2.24) is 9.80 Å². The van der Waals surface area contributed by atoms with Gasteiger partial charge in [-0.2, -0.15) is 0 Å². The number of benzene rings is 1. The molecule has 5 nitrogen and oxygen atoms in total. The largest absolute Gasteiger partial charge is 0.478 e. The number of carboxylic acid groups (broad SMARTS) is 1. The van der Waals surface area contributed by atoms with Crippen LogP contribution in [-0.4, -0.2) is 66.3 Å². The van der Waals surface area contributed by atoms with Gasteiger partial charge in [0.15, 0.2) is 0 Å². The first-order valence-electron chi connectivity index (χ1n) is 8.09. The summed E-state index contributed by atoms with van der Waals surface area (Å²) in [7, 11) is 0. The van der Waals surface area contributed by atoms with Crippen LogP contribution >= 0.6 is 0 Å². The number of hydrogen-bond donors (Lipinski definition) is 1. The summed E-state index contributed by atoms with van der Waals surface area (Å²) >= 11 is 0. The first-order chi connectivity index (χ1) is 10.7. The molecule has 2 fully saturated rings. The quantitative estimate of drug-likeness (QED) is 0.917. The van der Waals surface area contributed by atoms with Crippen LogP contribution in [0.25, 0.3) is 0 Å². The predicted octanol–water partition coefficient (Wildman–Crippen LogP) is 1.68. The predicted molar refractivity (Wildman–Crippen MR) is 84.1 cm³/mol. The number of piperazine rings is 1. The second-order valence-corrected chi connectivity index (χ2v) is 6.12. The van der Waals surface area contributed by atoms with Gasteiger partial charge in [0, 0.05) is 52.0 Å². The fraction of sp³-hybridized carbons (Fsp3) is 0.588. The molecule has 0 aliphatic carbocycles. The van der Waals surface area contributed by atoms with Gasteiger partial charge >= 0.3 is 5.97 Å². The molecular formula is C17H24N2O3. The minimum absolute atomic E-state index is 0.425. The number of aromatic carboxylic acids is 1. The topological polar surface area (TPSA) is 53.0 Å². The van der Waals surface area contributed by atoms with Crippen molar-refractivity contribution in [1.29, 1.82) is 0 Å². The van der Waals surface area contributed by atoms with Gasteiger partial charge in [-0.05, 0) is 24.5 Å². The highest BCUT2D eigenvalue weighted by Gasteiger charge is 2.25. The normalized spacial score (nSPS) is 21.8. The molecule has 2 saturated heterocycles. The van der Waals surface area contributed by atoms with Crippen LogP contribution in [0.4, 0.5) is 0 Å². The van der Waals surface area contributed by atoms with E-state index in [2.05, 4.69) is 9.80 Å². The lowest BCUT2D eigenvalue weighted by molar-refractivity contribution is 0.0126. The van der Waals surface area contributed by atoms with E-state index in [1.165, 1.54) is 0 Å². The van der Waals surface area contributed by atoms with Crippen LogP contribution in [0.15, 0.2) is 24.3 Å². The number of carboxylic acids is 1. The van der Waals surface area contributed by atoms with Crippen molar-refractivity contribution in [2.45, 2.75) is 25.4 Å². The maximum atomic E-state index is 11.3. The Morgan fingerprint density at radius 1 is 1.14 bits per heavy atom. The Hall–Kier alpha value is -1.43. The van der Waals surface area contributed by atoms with Crippen molar-refractivity contribution in [2.75, 3.05) is 39.4 Å². The Kier molecular flexibility index (Phi) is 5.08. The molecule has 2 heterocycles. The average molecular weight is 304 g/mol. The Morgan fingerprint density at radius 3 is 2.50 bits per heavy atom. The van der Waals surface area contributed by atoms with Crippen molar-refractivity contribution >= 4 is 5.97 Å². The summed E-state index contributed by atoms with van der Waals surface area (Å²) in [5.74, 6) is -0.837. The molecular weight excluding hydrogens is 280 g/mol. The van der Waals surface area contributed by atoms with Gasteiger partial charge < -0.3 is 9.84 Å². The van der Waals surface area contributed by atoms with Crippen molar-refractivity contribution in [2.24, 2.45) is 0 Å². The highest BCUT2D eigenvalue weighted by Crippen LogP contribution is 2.18. The van der Waals surface area contributed by atoms with E-state index >= 15 is 0 Å². The van der Waals surface area contributed by atoms with E-state index in [1.54, 1.807) is 12.1 Å². The van der Waals surface area contributed by atoms with Gasteiger partial charge in [-0.3, -0.25) is 9.80 Å². The van der Waals surface area contributed by atoms with E-state index in [-0.39, 0.29) is 0 Å². The number of hydrogen-bond acceptors (Lipinski definition) is 4. The molecule has 0 spiro atoms. The second-order valence-electron chi connectivity index (χ2n) is 6.12. The summed E-state index contributed by atoms with van der Waals surface area (Å²) in [4.78, 5) is 16.2. The molecule has 3 rings (SSSR count). The first-order valence-corrected chi connectivity index (χ1v) is 8.09. The van der Waals surface area contributed by atoms with Crippen LogP contribution in [0, 0.1) is 0 Å². The molecule has 0 bridgehead atoms. The zero-order valence-corrected chi connectivity index (χ0v) is 12.9. The van der Waals surface area contributed by atoms with E-state index in [0.29, 0.717) is 11.6 Å². The third kappa shape index (κ3) is 3.66. The minimum Gasteiger partial charge on any atom is -0.478 e. The van der Waals surface area contributed by atoms with Crippen molar-refractivity contribution in [3.63, 3.8) is 0 Å².